The first-order chi connectivity index (χ1) is 10.9. The molecular weight excluding hydrogens is 345 g/mol. The van der Waals surface area contributed by atoms with Gasteiger partial charge >= 0.3 is 12.1 Å². The molecule has 3 rings (SSSR count). The van der Waals surface area contributed by atoms with Gasteiger partial charge in [0.15, 0.2) is 0 Å². The van der Waals surface area contributed by atoms with Gasteiger partial charge in [-0.1, -0.05) is 12.1 Å². The minimum atomic E-state index is -4.88. The van der Waals surface area contributed by atoms with Crippen molar-refractivity contribution in [3.63, 3.8) is 0 Å². The van der Waals surface area contributed by atoms with Crippen LogP contribution in [-0.2, 0) is 11.3 Å². The zero-order valence-electron chi connectivity index (χ0n) is 11.6. The van der Waals surface area contributed by atoms with Crippen molar-refractivity contribution in [2.75, 3.05) is 0 Å². The SMILES string of the molecule is O=C(NCc1cc(-c2cccs2)[nH]c1-c1cccs1)C(F)(F)F. The number of carbonyl (C=O) groups is 1. The highest BCUT2D eigenvalue weighted by Crippen LogP contribution is 2.33. The minimum Gasteiger partial charge on any atom is -0.353 e. The molecule has 3 aromatic heterocycles. The Hall–Kier alpha value is -2.06. The van der Waals surface area contributed by atoms with Crippen molar-refractivity contribution in [1.82, 2.24) is 10.3 Å². The quantitative estimate of drug-likeness (QED) is 0.702. The van der Waals surface area contributed by atoms with Crippen LogP contribution in [0.25, 0.3) is 21.1 Å². The average Bonchev–Trinajstić information content (AvgIpc) is 3.21. The van der Waals surface area contributed by atoms with E-state index in [4.69, 9.17) is 0 Å². The highest BCUT2D eigenvalue weighted by Gasteiger charge is 2.38. The van der Waals surface area contributed by atoms with Crippen LogP contribution in [-0.4, -0.2) is 17.1 Å². The van der Waals surface area contributed by atoms with E-state index in [2.05, 4.69) is 4.98 Å². The molecule has 23 heavy (non-hydrogen) atoms. The van der Waals surface area contributed by atoms with Crippen molar-refractivity contribution >= 4 is 28.6 Å². The van der Waals surface area contributed by atoms with E-state index < -0.39 is 12.1 Å². The molecule has 0 aromatic carbocycles. The molecule has 2 N–H and O–H groups in total. The molecule has 8 heteroatoms. The van der Waals surface area contributed by atoms with Crippen LogP contribution >= 0.6 is 22.7 Å². The van der Waals surface area contributed by atoms with E-state index >= 15 is 0 Å². The lowest BCUT2D eigenvalue weighted by Gasteiger charge is -2.08. The Kier molecular flexibility index (Phi) is 4.27. The van der Waals surface area contributed by atoms with Crippen molar-refractivity contribution in [2.45, 2.75) is 12.7 Å². The molecule has 0 saturated heterocycles. The van der Waals surface area contributed by atoms with Gasteiger partial charge in [-0.2, -0.15) is 13.2 Å². The molecule has 0 aliphatic carbocycles. The molecule has 0 saturated carbocycles. The summed E-state index contributed by atoms with van der Waals surface area (Å²) in [6.45, 7) is -0.187. The Morgan fingerprint density at radius 1 is 1.13 bits per heavy atom. The molecule has 0 aliphatic rings. The number of nitrogens with one attached hydrogen (secondary N) is 2. The number of rotatable bonds is 4. The molecule has 0 unspecified atom stereocenters. The summed E-state index contributed by atoms with van der Waals surface area (Å²) in [5, 5.41) is 5.73. The standard InChI is InChI=1S/C15H11F3N2OS2/c16-15(17,18)14(21)19-8-9-7-10(11-3-1-5-22-11)20-13(9)12-4-2-6-23-12/h1-7,20H,8H2,(H,19,21). The van der Waals surface area contributed by atoms with E-state index in [0.717, 1.165) is 21.1 Å². The summed E-state index contributed by atoms with van der Waals surface area (Å²) in [6.07, 6.45) is -4.88. The monoisotopic (exact) mass is 356 g/mol. The fourth-order valence-electron chi connectivity index (χ4n) is 2.12. The molecule has 120 valence electrons. The second kappa shape index (κ2) is 6.21. The molecule has 3 aromatic rings. The summed E-state index contributed by atoms with van der Waals surface area (Å²) >= 11 is 3.01. The predicted molar refractivity (Wildman–Crippen MR) is 85.3 cm³/mol. The Morgan fingerprint density at radius 2 is 1.78 bits per heavy atom. The molecule has 1 amide bonds. The molecule has 0 aliphatic heterocycles. The lowest BCUT2D eigenvalue weighted by molar-refractivity contribution is -0.173. The van der Waals surface area contributed by atoms with Crippen molar-refractivity contribution in [1.29, 1.82) is 0 Å². The lowest BCUT2D eigenvalue weighted by Crippen LogP contribution is -2.36. The van der Waals surface area contributed by atoms with Gasteiger partial charge in [-0.3, -0.25) is 4.79 Å². The van der Waals surface area contributed by atoms with Gasteiger partial charge in [0, 0.05) is 6.54 Å². The Bertz CT molecular complexity index is 789. The van der Waals surface area contributed by atoms with Crippen LogP contribution in [0.1, 0.15) is 5.56 Å². The van der Waals surface area contributed by atoms with Gasteiger partial charge in [0.25, 0.3) is 0 Å². The van der Waals surface area contributed by atoms with Crippen LogP contribution in [0.3, 0.4) is 0 Å². The largest absolute Gasteiger partial charge is 0.471 e. The van der Waals surface area contributed by atoms with E-state index in [1.807, 2.05) is 40.3 Å². The molecule has 0 atom stereocenters. The van der Waals surface area contributed by atoms with E-state index in [-0.39, 0.29) is 6.54 Å². The van der Waals surface area contributed by atoms with E-state index in [1.165, 1.54) is 22.7 Å². The highest BCUT2D eigenvalue weighted by atomic mass is 32.1. The highest BCUT2D eigenvalue weighted by molar-refractivity contribution is 7.14. The minimum absolute atomic E-state index is 0.187. The maximum absolute atomic E-state index is 12.3. The summed E-state index contributed by atoms with van der Waals surface area (Å²) < 4.78 is 37.0. The maximum atomic E-state index is 12.3. The molecule has 3 heterocycles. The van der Waals surface area contributed by atoms with Gasteiger partial charge in [0.1, 0.15) is 0 Å². The van der Waals surface area contributed by atoms with Crippen molar-refractivity contribution in [3.8, 4) is 21.1 Å². The zero-order chi connectivity index (χ0) is 16.4. The van der Waals surface area contributed by atoms with E-state index in [9.17, 15) is 18.0 Å². The summed E-state index contributed by atoms with van der Waals surface area (Å²) in [4.78, 5) is 16.2. The van der Waals surface area contributed by atoms with Gasteiger partial charge in [0.05, 0.1) is 21.1 Å². The summed E-state index contributed by atoms with van der Waals surface area (Å²) in [7, 11) is 0. The second-order valence-corrected chi connectivity index (χ2v) is 6.61. The first-order valence-corrected chi connectivity index (χ1v) is 8.36. The third kappa shape index (κ3) is 3.48. The first kappa shape index (κ1) is 15.8. The van der Waals surface area contributed by atoms with Crippen LogP contribution in [0.5, 0.6) is 0 Å². The molecule has 0 spiro atoms. The third-order valence-electron chi connectivity index (χ3n) is 3.15. The fraction of sp³-hybridized carbons (Fsp3) is 0.133. The van der Waals surface area contributed by atoms with Gasteiger partial charge in [-0.15, -0.1) is 22.7 Å². The Labute approximate surface area is 137 Å². The maximum Gasteiger partial charge on any atom is 0.471 e. The lowest BCUT2D eigenvalue weighted by atomic mass is 10.2. The van der Waals surface area contributed by atoms with Gasteiger partial charge in [0.2, 0.25) is 0 Å². The molecule has 0 radical (unpaired) electrons. The Balaban J connectivity index is 1.90. The number of aromatic nitrogens is 1. The molecule has 0 fully saturated rings. The van der Waals surface area contributed by atoms with Crippen LogP contribution in [0, 0.1) is 0 Å². The number of thiophene rings is 2. The number of H-pyrrole nitrogens is 1. The summed E-state index contributed by atoms with van der Waals surface area (Å²) in [5.74, 6) is -1.94. The number of carbonyl (C=O) groups excluding carboxylic acids is 1. The van der Waals surface area contributed by atoms with Crippen LogP contribution in [0.2, 0.25) is 0 Å². The zero-order valence-corrected chi connectivity index (χ0v) is 13.2. The number of hydrogen-bond donors (Lipinski definition) is 2. The average molecular weight is 356 g/mol. The van der Waals surface area contributed by atoms with Crippen LogP contribution in [0.4, 0.5) is 13.2 Å². The van der Waals surface area contributed by atoms with Crippen molar-refractivity contribution < 1.29 is 18.0 Å². The number of amides is 1. The predicted octanol–water partition coefficient (Wildman–Crippen LogP) is 4.65. The normalized spacial score (nSPS) is 11.6. The van der Waals surface area contributed by atoms with Gasteiger partial charge < -0.3 is 10.3 Å². The molecule has 3 nitrogen and oxygen atoms in total. The van der Waals surface area contributed by atoms with Crippen molar-refractivity contribution in [2.24, 2.45) is 0 Å². The summed E-state index contributed by atoms with van der Waals surface area (Å²) in [5.41, 5.74) is 2.17. The van der Waals surface area contributed by atoms with Gasteiger partial charge in [-0.25, -0.2) is 0 Å². The Morgan fingerprint density at radius 3 is 2.35 bits per heavy atom. The second-order valence-electron chi connectivity index (χ2n) is 4.72. The third-order valence-corrected chi connectivity index (χ3v) is 4.94. The molecular formula is C15H11F3N2OS2. The van der Waals surface area contributed by atoms with E-state index in [1.54, 1.807) is 6.07 Å². The first-order valence-electron chi connectivity index (χ1n) is 6.60. The topological polar surface area (TPSA) is 44.9 Å². The van der Waals surface area contributed by atoms with Crippen LogP contribution < -0.4 is 5.32 Å². The van der Waals surface area contributed by atoms with Crippen LogP contribution in [0.15, 0.2) is 41.1 Å². The number of halogens is 3. The number of hydrogen-bond acceptors (Lipinski definition) is 3. The van der Waals surface area contributed by atoms with Gasteiger partial charge in [-0.05, 0) is 34.5 Å². The molecule has 0 bridgehead atoms. The number of aromatic amines is 1. The smallest absolute Gasteiger partial charge is 0.353 e. The number of alkyl halides is 3. The van der Waals surface area contributed by atoms with Crippen molar-refractivity contribution in [3.05, 3.63) is 46.7 Å². The fourth-order valence-corrected chi connectivity index (χ4v) is 3.58. The summed E-state index contributed by atoms with van der Waals surface area (Å²) in [6, 6.07) is 9.34. The van der Waals surface area contributed by atoms with E-state index in [0.29, 0.717) is 5.56 Å².